The monoisotopic (exact) mass is 1500 g/mol. The van der Waals surface area contributed by atoms with Gasteiger partial charge in [0, 0.05) is 50.4 Å². The van der Waals surface area contributed by atoms with Crippen molar-refractivity contribution in [3.8, 4) is 44.5 Å². The minimum absolute atomic E-state index is 0.330. The van der Waals surface area contributed by atoms with Crippen LogP contribution in [-0.2, 0) is 5.41 Å². The van der Waals surface area contributed by atoms with Crippen LogP contribution in [0.2, 0.25) is 0 Å². The molecule has 17 aromatic rings. The summed E-state index contributed by atoms with van der Waals surface area (Å²) in [7, 11) is -6.57. The normalized spacial score (nSPS) is 13.1. The first-order chi connectivity index (χ1) is 56.5. The topological polar surface area (TPSA) is 9.72 Å². The summed E-state index contributed by atoms with van der Waals surface area (Å²) < 4.78 is 0. The molecule has 6 heteroatoms. The van der Waals surface area contributed by atoms with Crippen LogP contribution in [0, 0.1) is 27.7 Å². The van der Waals surface area contributed by atoms with E-state index in [0.29, 0.717) is 0 Å². The largest absolute Gasteiger partial charge is 0.310 e. The molecule has 0 atom stereocenters. The molecule has 0 saturated heterocycles. The Morgan fingerprint density at radius 1 is 0.226 bits per heavy atom. The summed E-state index contributed by atoms with van der Waals surface area (Å²) in [5, 5.41) is 10.5. The molecule has 115 heavy (non-hydrogen) atoms. The Labute approximate surface area is 679 Å². The van der Waals surface area contributed by atoms with Crippen LogP contribution >= 0.6 is 0 Å². The highest BCUT2D eigenvalue weighted by Gasteiger charge is 2.51. The molecular formula is C109H86BN3Si2. The second kappa shape index (κ2) is 28.7. The zero-order chi connectivity index (χ0) is 77.5. The van der Waals surface area contributed by atoms with Crippen LogP contribution in [0.5, 0.6) is 0 Å². The summed E-state index contributed by atoms with van der Waals surface area (Å²) in [6, 6.07) is 159. The van der Waals surface area contributed by atoms with E-state index in [4.69, 9.17) is 0 Å². The molecule has 0 aromatic heterocycles. The van der Waals surface area contributed by atoms with Crippen LogP contribution < -0.4 is 72.6 Å². The van der Waals surface area contributed by atoms with Gasteiger partial charge in [-0.3, -0.25) is 0 Å². The fraction of sp³-hybridized carbons (Fsp3) is 0.0642. The van der Waals surface area contributed by atoms with E-state index in [1.54, 1.807) is 0 Å². The van der Waals surface area contributed by atoms with Gasteiger partial charge >= 0.3 is 0 Å². The van der Waals surface area contributed by atoms with Gasteiger partial charge in [0.05, 0.1) is 28.4 Å². The second-order valence-corrected chi connectivity index (χ2v) is 39.7. The SMILES string of the molecule is Cc1cccc(-c2cccc(-c3cccc(C)c3)c2N2c3cc([Si](c4ccccc4)(c4ccccc4)c4ccccc4)ccc3B3c4ccc([Si](c5ccccc5)(c5ccccc5)c5ccccc5)cc4N(c4c(-c5cccc(C)c5)cccc4-c4cccc(C)c4)c4cc(N5c6ccccc6C(C)(C)c6ccccc65)cc2c43)c1. The van der Waals surface area contributed by atoms with Gasteiger partial charge in [0.15, 0.2) is 16.1 Å². The van der Waals surface area contributed by atoms with E-state index < -0.39 is 16.1 Å². The van der Waals surface area contributed by atoms with E-state index in [-0.39, 0.29) is 12.1 Å². The van der Waals surface area contributed by atoms with Crippen molar-refractivity contribution in [1.82, 2.24) is 0 Å². The number of rotatable bonds is 15. The van der Waals surface area contributed by atoms with E-state index in [1.165, 1.54) is 91.3 Å². The van der Waals surface area contributed by atoms with Crippen molar-refractivity contribution in [2.75, 3.05) is 14.7 Å². The first-order valence-electron chi connectivity index (χ1n) is 40.4. The Hall–Kier alpha value is -13.4. The number of benzene rings is 17. The lowest BCUT2D eigenvalue weighted by molar-refractivity contribution is 0.632. The highest BCUT2D eigenvalue weighted by Crippen LogP contribution is 2.57. The van der Waals surface area contributed by atoms with Gasteiger partial charge in [-0.1, -0.05) is 412 Å². The molecule has 3 aliphatic rings. The molecule has 20 rings (SSSR count). The molecule has 0 amide bonds. The standard InChI is InChI=1S/C109H86BN3Si2/c1-75-35-29-39-79(67-75)92-55-33-56-93(80-40-30-36-76(2)68-80)107(92)112-102-73-90(114(84-43-13-7-14-44-84,85-45-15-8-16-46-85)86-47-17-9-18-48-86)63-65-98(102)110-99-66-64-91(115(87-49-19-10-20-50-87,88-51-21-11-22-52-88)89-53-23-12-24-54-89)74-103(99)113(108-94(81-41-31-37-77(3)69-81)57-34-58-95(108)82-42-32-38-78(4)70-82)105-72-83(71-104(112)106(105)110)111-100-61-27-25-59-96(100)109(5,6)97-60-26-28-62-101(97)111/h7-74H,1-6H3. The summed E-state index contributed by atoms with van der Waals surface area (Å²) in [5.74, 6) is 0. The number of para-hydroxylation sites is 4. The van der Waals surface area contributed by atoms with Gasteiger partial charge in [0.25, 0.3) is 6.71 Å². The minimum Gasteiger partial charge on any atom is -0.310 e. The van der Waals surface area contributed by atoms with Crippen LogP contribution in [0.25, 0.3) is 44.5 Å². The van der Waals surface area contributed by atoms with Crippen molar-refractivity contribution >= 4 is 132 Å². The molecule has 0 unspecified atom stereocenters. The average Bonchev–Trinajstić information content (AvgIpc) is 0.681. The van der Waals surface area contributed by atoms with Gasteiger partial charge in [-0.25, -0.2) is 0 Å². The molecule has 17 aromatic carbocycles. The van der Waals surface area contributed by atoms with Crippen molar-refractivity contribution < 1.29 is 0 Å². The zero-order valence-corrected chi connectivity index (χ0v) is 67.7. The van der Waals surface area contributed by atoms with E-state index in [1.807, 2.05) is 0 Å². The minimum atomic E-state index is -3.29. The molecule has 0 aliphatic carbocycles. The maximum atomic E-state index is 2.78. The summed E-state index contributed by atoms with van der Waals surface area (Å²) >= 11 is 0. The smallest absolute Gasteiger partial charge is 0.252 e. The predicted molar refractivity (Wildman–Crippen MR) is 495 cm³/mol. The molecule has 3 nitrogen and oxygen atoms in total. The first kappa shape index (κ1) is 70.7. The highest BCUT2D eigenvalue weighted by atomic mass is 28.3. The molecule has 3 heterocycles. The van der Waals surface area contributed by atoms with E-state index >= 15 is 0 Å². The van der Waals surface area contributed by atoms with Gasteiger partial charge < -0.3 is 14.7 Å². The molecule has 0 bridgehead atoms. The molecular weight excluding hydrogens is 1420 g/mol. The van der Waals surface area contributed by atoms with E-state index in [9.17, 15) is 0 Å². The summed E-state index contributed by atoms with van der Waals surface area (Å²) in [4.78, 5) is 8.18. The fourth-order valence-electron chi connectivity index (χ4n) is 19.9. The highest BCUT2D eigenvalue weighted by molar-refractivity contribution is 7.20. The van der Waals surface area contributed by atoms with Gasteiger partial charge in [0.2, 0.25) is 0 Å². The molecule has 0 N–H and O–H groups in total. The maximum absolute atomic E-state index is 3.29. The van der Waals surface area contributed by atoms with Crippen LogP contribution in [-0.4, -0.2) is 22.9 Å². The molecule has 548 valence electrons. The Morgan fingerprint density at radius 2 is 0.504 bits per heavy atom. The predicted octanol–water partition coefficient (Wildman–Crippen LogP) is 20.5. The molecule has 0 spiro atoms. The fourth-order valence-corrected chi connectivity index (χ4v) is 29.4. The number of anilines is 9. The number of aryl methyl sites for hydroxylation is 4. The van der Waals surface area contributed by atoms with Crippen LogP contribution in [0.1, 0.15) is 47.2 Å². The molecule has 0 saturated carbocycles. The van der Waals surface area contributed by atoms with Crippen molar-refractivity contribution in [2.45, 2.75) is 47.0 Å². The van der Waals surface area contributed by atoms with Gasteiger partial charge in [-0.2, -0.15) is 0 Å². The van der Waals surface area contributed by atoms with Crippen LogP contribution in [0.4, 0.5) is 51.2 Å². The summed E-state index contributed by atoms with van der Waals surface area (Å²) in [5.41, 5.74) is 29.9. The lowest BCUT2D eigenvalue weighted by Gasteiger charge is -2.48. The Bertz CT molecular complexity index is 5870. The lowest BCUT2D eigenvalue weighted by atomic mass is 9.33. The van der Waals surface area contributed by atoms with Gasteiger partial charge in [0.1, 0.15) is 0 Å². The van der Waals surface area contributed by atoms with Crippen molar-refractivity contribution in [3.05, 3.63) is 446 Å². The first-order valence-corrected chi connectivity index (χ1v) is 44.4. The third-order valence-electron chi connectivity index (χ3n) is 24.9. The van der Waals surface area contributed by atoms with Crippen molar-refractivity contribution in [2.24, 2.45) is 0 Å². The summed E-state index contributed by atoms with van der Waals surface area (Å²) in [6.07, 6.45) is 0. The lowest BCUT2D eigenvalue weighted by Crippen LogP contribution is -2.75. The zero-order valence-electron chi connectivity index (χ0n) is 65.7. The van der Waals surface area contributed by atoms with Crippen molar-refractivity contribution in [1.29, 1.82) is 0 Å². The average molecular weight is 1500 g/mol. The third-order valence-corrected chi connectivity index (χ3v) is 34.4. The Kier molecular flexibility index (Phi) is 17.6. The number of hydrogen-bond donors (Lipinski definition) is 0. The number of hydrogen-bond acceptors (Lipinski definition) is 3. The van der Waals surface area contributed by atoms with E-state index in [0.717, 1.165) is 95.7 Å². The Morgan fingerprint density at radius 3 is 0.800 bits per heavy atom. The maximum Gasteiger partial charge on any atom is 0.252 e. The second-order valence-electron chi connectivity index (χ2n) is 32.1. The van der Waals surface area contributed by atoms with Crippen LogP contribution in [0.3, 0.4) is 0 Å². The van der Waals surface area contributed by atoms with Crippen molar-refractivity contribution in [3.63, 3.8) is 0 Å². The van der Waals surface area contributed by atoms with Gasteiger partial charge in [-0.15, -0.1) is 0 Å². The number of nitrogens with zero attached hydrogens (tertiary/aromatic N) is 3. The summed E-state index contributed by atoms with van der Waals surface area (Å²) in [6.45, 7) is 13.4. The third kappa shape index (κ3) is 11.6. The number of fused-ring (bicyclic) bond motifs is 6. The van der Waals surface area contributed by atoms with Crippen LogP contribution in [0.15, 0.2) is 413 Å². The molecule has 0 radical (unpaired) electrons. The Balaban J connectivity index is 1.02. The molecule has 3 aliphatic heterocycles. The molecule has 0 fully saturated rings. The van der Waals surface area contributed by atoms with E-state index in [2.05, 4.69) is 469 Å². The quantitative estimate of drug-likeness (QED) is 0.0748. The van der Waals surface area contributed by atoms with Gasteiger partial charge in [-0.05, 0) is 155 Å².